The summed E-state index contributed by atoms with van der Waals surface area (Å²) in [4.78, 5) is 2.65. The molecule has 0 bridgehead atoms. The van der Waals surface area contributed by atoms with Gasteiger partial charge in [-0.05, 0) is 62.4 Å². The Kier molecular flexibility index (Phi) is 4.08. The first kappa shape index (κ1) is 14.8. The van der Waals surface area contributed by atoms with Gasteiger partial charge in [-0.2, -0.15) is 5.10 Å². The molecule has 2 aliphatic rings. The molecule has 1 aliphatic carbocycles. The second-order valence-electron chi connectivity index (χ2n) is 6.95. The van der Waals surface area contributed by atoms with Crippen LogP contribution in [0.4, 0.5) is 0 Å². The maximum Gasteiger partial charge on any atom is 0.119 e. The molecular weight excluding hydrogens is 286 g/mol. The molecule has 4 rings (SSSR count). The van der Waals surface area contributed by atoms with E-state index in [2.05, 4.69) is 27.2 Å². The Balaban J connectivity index is 1.48. The standard InChI is InChI=1S/C19H25N3O/c1-23-17-4-2-3-16(11-17)18-12-20-21-19(18)15-7-9-22(10-8-15)13-14-5-6-14/h2-4,11-12,14-15H,5-10,13H2,1H3,(H,20,21). The van der Waals surface area contributed by atoms with Crippen molar-refractivity contribution in [2.75, 3.05) is 26.7 Å². The van der Waals surface area contributed by atoms with Crippen molar-refractivity contribution >= 4 is 0 Å². The van der Waals surface area contributed by atoms with Crippen molar-refractivity contribution in [3.63, 3.8) is 0 Å². The van der Waals surface area contributed by atoms with E-state index >= 15 is 0 Å². The van der Waals surface area contributed by atoms with Crippen molar-refractivity contribution in [2.45, 2.75) is 31.6 Å². The van der Waals surface area contributed by atoms with E-state index in [-0.39, 0.29) is 0 Å². The molecule has 0 atom stereocenters. The first-order valence-electron chi connectivity index (χ1n) is 8.73. The van der Waals surface area contributed by atoms with Gasteiger partial charge in [0.2, 0.25) is 0 Å². The van der Waals surface area contributed by atoms with Crippen LogP contribution in [0.1, 0.15) is 37.3 Å². The van der Waals surface area contributed by atoms with Gasteiger partial charge in [0.15, 0.2) is 0 Å². The summed E-state index contributed by atoms with van der Waals surface area (Å²) in [7, 11) is 1.71. The van der Waals surface area contributed by atoms with Gasteiger partial charge < -0.3 is 9.64 Å². The number of benzene rings is 1. The fourth-order valence-corrected chi connectivity index (χ4v) is 3.70. The van der Waals surface area contributed by atoms with Crippen LogP contribution in [0.2, 0.25) is 0 Å². The van der Waals surface area contributed by atoms with E-state index in [1.807, 2.05) is 18.3 Å². The van der Waals surface area contributed by atoms with Gasteiger partial charge in [0.05, 0.1) is 13.3 Å². The summed E-state index contributed by atoms with van der Waals surface area (Å²) in [6.07, 6.45) is 7.30. The molecule has 1 aromatic heterocycles. The minimum Gasteiger partial charge on any atom is -0.497 e. The van der Waals surface area contributed by atoms with E-state index in [4.69, 9.17) is 4.74 Å². The third kappa shape index (κ3) is 3.27. The summed E-state index contributed by atoms with van der Waals surface area (Å²) in [5, 5.41) is 7.60. The number of piperidine rings is 1. The number of aromatic amines is 1. The zero-order valence-corrected chi connectivity index (χ0v) is 13.8. The van der Waals surface area contributed by atoms with Crippen molar-refractivity contribution < 1.29 is 4.74 Å². The molecule has 4 heteroatoms. The number of nitrogens with zero attached hydrogens (tertiary/aromatic N) is 2. The van der Waals surface area contributed by atoms with Crippen molar-refractivity contribution in [2.24, 2.45) is 5.92 Å². The number of hydrogen-bond acceptors (Lipinski definition) is 3. The molecule has 122 valence electrons. The van der Waals surface area contributed by atoms with Gasteiger partial charge in [0.1, 0.15) is 5.75 Å². The molecule has 0 spiro atoms. The van der Waals surface area contributed by atoms with Crippen LogP contribution in [0.15, 0.2) is 30.5 Å². The van der Waals surface area contributed by atoms with Crippen LogP contribution < -0.4 is 4.74 Å². The van der Waals surface area contributed by atoms with Gasteiger partial charge in [-0.1, -0.05) is 12.1 Å². The molecule has 1 aliphatic heterocycles. The highest BCUT2D eigenvalue weighted by Gasteiger charge is 2.28. The number of aromatic nitrogens is 2. The topological polar surface area (TPSA) is 41.1 Å². The number of hydrogen-bond donors (Lipinski definition) is 1. The van der Waals surface area contributed by atoms with Crippen LogP contribution in [0.5, 0.6) is 5.75 Å². The van der Waals surface area contributed by atoms with Gasteiger partial charge in [0.25, 0.3) is 0 Å². The Morgan fingerprint density at radius 1 is 1.22 bits per heavy atom. The minimum absolute atomic E-state index is 0.592. The van der Waals surface area contributed by atoms with E-state index in [0.717, 1.165) is 11.7 Å². The third-order valence-electron chi connectivity index (χ3n) is 5.26. The normalized spacial score (nSPS) is 19.9. The second kappa shape index (κ2) is 6.36. The Morgan fingerprint density at radius 3 is 2.78 bits per heavy atom. The monoisotopic (exact) mass is 311 g/mol. The van der Waals surface area contributed by atoms with E-state index in [9.17, 15) is 0 Å². The second-order valence-corrected chi connectivity index (χ2v) is 6.95. The predicted molar refractivity (Wildman–Crippen MR) is 91.7 cm³/mol. The van der Waals surface area contributed by atoms with Gasteiger partial charge in [-0.15, -0.1) is 0 Å². The molecule has 0 amide bonds. The number of methoxy groups -OCH3 is 1. The average molecular weight is 311 g/mol. The van der Waals surface area contributed by atoms with Gasteiger partial charge >= 0.3 is 0 Å². The summed E-state index contributed by atoms with van der Waals surface area (Å²) >= 11 is 0. The Bertz CT molecular complexity index is 654. The van der Waals surface area contributed by atoms with Gasteiger partial charge in [-0.25, -0.2) is 0 Å². The lowest BCUT2D eigenvalue weighted by atomic mass is 9.89. The first-order valence-corrected chi connectivity index (χ1v) is 8.73. The predicted octanol–water partition coefficient (Wildman–Crippen LogP) is 3.67. The van der Waals surface area contributed by atoms with Crippen molar-refractivity contribution in [3.05, 3.63) is 36.2 Å². The maximum atomic E-state index is 5.36. The largest absolute Gasteiger partial charge is 0.497 e. The summed E-state index contributed by atoms with van der Waals surface area (Å²) in [5.41, 5.74) is 3.71. The van der Waals surface area contributed by atoms with Crippen LogP contribution in [0, 0.1) is 5.92 Å². The lowest BCUT2D eigenvalue weighted by Gasteiger charge is -2.31. The summed E-state index contributed by atoms with van der Waals surface area (Å²) in [6, 6.07) is 8.26. The van der Waals surface area contributed by atoms with E-state index in [0.29, 0.717) is 5.92 Å². The number of nitrogens with one attached hydrogen (secondary N) is 1. The van der Waals surface area contributed by atoms with Crippen LogP contribution in [0.25, 0.3) is 11.1 Å². The zero-order chi connectivity index (χ0) is 15.6. The highest BCUT2D eigenvalue weighted by atomic mass is 16.5. The highest BCUT2D eigenvalue weighted by molar-refractivity contribution is 5.67. The summed E-state index contributed by atoms with van der Waals surface area (Å²) in [6.45, 7) is 3.76. The van der Waals surface area contributed by atoms with Crippen LogP contribution in [0.3, 0.4) is 0 Å². The fourth-order valence-electron chi connectivity index (χ4n) is 3.70. The summed E-state index contributed by atoms with van der Waals surface area (Å²) in [5.74, 6) is 2.48. The van der Waals surface area contributed by atoms with E-state index < -0.39 is 0 Å². The average Bonchev–Trinajstić information content (AvgIpc) is 3.28. The number of rotatable bonds is 5. The lowest BCUT2D eigenvalue weighted by Crippen LogP contribution is -2.34. The number of ether oxygens (including phenoxy) is 1. The molecule has 0 radical (unpaired) electrons. The van der Waals surface area contributed by atoms with Crippen molar-refractivity contribution in [1.29, 1.82) is 0 Å². The number of H-pyrrole nitrogens is 1. The molecule has 0 unspecified atom stereocenters. The SMILES string of the molecule is COc1cccc(-c2cn[nH]c2C2CCN(CC3CC3)CC2)c1. The molecule has 1 N–H and O–H groups in total. The summed E-state index contributed by atoms with van der Waals surface area (Å²) < 4.78 is 5.36. The van der Waals surface area contributed by atoms with E-state index in [1.165, 1.54) is 62.1 Å². The van der Waals surface area contributed by atoms with Gasteiger partial charge in [0, 0.05) is 23.7 Å². The molecule has 23 heavy (non-hydrogen) atoms. The molecule has 1 saturated carbocycles. The Labute approximate surface area is 137 Å². The molecule has 2 heterocycles. The minimum atomic E-state index is 0.592. The third-order valence-corrected chi connectivity index (χ3v) is 5.26. The molecule has 2 fully saturated rings. The van der Waals surface area contributed by atoms with Crippen LogP contribution in [-0.4, -0.2) is 41.8 Å². The number of likely N-dealkylation sites (tertiary alicyclic amines) is 1. The van der Waals surface area contributed by atoms with Crippen LogP contribution >= 0.6 is 0 Å². The zero-order valence-electron chi connectivity index (χ0n) is 13.8. The fraction of sp³-hybridized carbons (Fsp3) is 0.526. The molecule has 4 nitrogen and oxygen atoms in total. The van der Waals surface area contributed by atoms with Crippen molar-refractivity contribution in [1.82, 2.24) is 15.1 Å². The Morgan fingerprint density at radius 2 is 2.04 bits per heavy atom. The van der Waals surface area contributed by atoms with Crippen molar-refractivity contribution in [3.8, 4) is 16.9 Å². The molecule has 1 saturated heterocycles. The highest BCUT2D eigenvalue weighted by Crippen LogP contribution is 2.36. The molecular formula is C19H25N3O. The maximum absolute atomic E-state index is 5.36. The molecule has 1 aromatic carbocycles. The van der Waals surface area contributed by atoms with Crippen LogP contribution in [-0.2, 0) is 0 Å². The van der Waals surface area contributed by atoms with Gasteiger partial charge in [-0.3, -0.25) is 5.10 Å². The quantitative estimate of drug-likeness (QED) is 0.916. The first-order chi connectivity index (χ1) is 11.3. The Hall–Kier alpha value is -1.81. The van der Waals surface area contributed by atoms with E-state index in [1.54, 1.807) is 7.11 Å². The lowest BCUT2D eigenvalue weighted by molar-refractivity contribution is 0.203. The molecule has 2 aromatic rings. The smallest absolute Gasteiger partial charge is 0.119 e.